The average Bonchev–Trinajstić information content (AvgIpc) is 2.39. The van der Waals surface area contributed by atoms with E-state index in [9.17, 15) is 4.79 Å². The standard InChI is InChI=1S/C16H24O2/c1-5-13-8-10-14(11-9-13)12-15(17)16(4,6-2)18-7-3/h8-11H,5-7,12H2,1-4H3. The van der Waals surface area contributed by atoms with Crippen molar-refractivity contribution in [3.05, 3.63) is 35.4 Å². The van der Waals surface area contributed by atoms with Crippen LogP contribution >= 0.6 is 0 Å². The van der Waals surface area contributed by atoms with E-state index < -0.39 is 5.60 Å². The molecule has 2 nitrogen and oxygen atoms in total. The van der Waals surface area contributed by atoms with Gasteiger partial charge in [0.1, 0.15) is 5.60 Å². The van der Waals surface area contributed by atoms with Crippen LogP contribution in [-0.4, -0.2) is 18.0 Å². The molecule has 0 aliphatic heterocycles. The van der Waals surface area contributed by atoms with Crippen LogP contribution in [-0.2, 0) is 22.4 Å². The molecule has 100 valence electrons. The predicted octanol–water partition coefficient (Wildman–Crippen LogP) is 3.57. The van der Waals surface area contributed by atoms with Gasteiger partial charge in [-0.2, -0.15) is 0 Å². The molecule has 0 aliphatic carbocycles. The first-order valence-corrected chi connectivity index (χ1v) is 6.80. The highest BCUT2D eigenvalue weighted by molar-refractivity contribution is 5.88. The Balaban J connectivity index is 2.73. The molecule has 1 rings (SSSR count). The SMILES string of the molecule is CCOC(C)(CC)C(=O)Cc1ccc(CC)cc1. The molecule has 0 spiro atoms. The van der Waals surface area contributed by atoms with Crippen molar-refractivity contribution in [3.63, 3.8) is 0 Å². The second-order valence-electron chi connectivity index (χ2n) is 4.79. The monoisotopic (exact) mass is 248 g/mol. The smallest absolute Gasteiger partial charge is 0.168 e. The molecule has 2 heteroatoms. The fourth-order valence-electron chi connectivity index (χ4n) is 1.96. The van der Waals surface area contributed by atoms with Gasteiger partial charge >= 0.3 is 0 Å². The summed E-state index contributed by atoms with van der Waals surface area (Å²) >= 11 is 0. The van der Waals surface area contributed by atoms with Crippen molar-refractivity contribution >= 4 is 5.78 Å². The van der Waals surface area contributed by atoms with E-state index in [1.54, 1.807) is 0 Å². The highest BCUT2D eigenvalue weighted by atomic mass is 16.5. The Hall–Kier alpha value is -1.15. The number of hydrogen-bond acceptors (Lipinski definition) is 2. The van der Waals surface area contributed by atoms with Crippen LogP contribution in [0.25, 0.3) is 0 Å². The number of benzene rings is 1. The van der Waals surface area contributed by atoms with Crippen LogP contribution in [0, 0.1) is 0 Å². The van der Waals surface area contributed by atoms with Crippen LogP contribution in [0.1, 0.15) is 45.2 Å². The number of hydrogen-bond donors (Lipinski definition) is 0. The number of ether oxygens (including phenoxy) is 1. The molecule has 1 aromatic carbocycles. The van der Waals surface area contributed by atoms with E-state index in [-0.39, 0.29) is 5.78 Å². The minimum atomic E-state index is -0.641. The summed E-state index contributed by atoms with van der Waals surface area (Å²) in [6, 6.07) is 8.26. The molecule has 1 aromatic rings. The maximum atomic E-state index is 12.3. The Morgan fingerprint density at radius 1 is 1.11 bits per heavy atom. The van der Waals surface area contributed by atoms with Crippen LogP contribution < -0.4 is 0 Å². The van der Waals surface area contributed by atoms with Crippen LogP contribution in [0.2, 0.25) is 0 Å². The topological polar surface area (TPSA) is 26.3 Å². The van der Waals surface area contributed by atoms with Crippen molar-refractivity contribution in [1.29, 1.82) is 0 Å². The Morgan fingerprint density at radius 2 is 1.67 bits per heavy atom. The van der Waals surface area contributed by atoms with Gasteiger partial charge in [-0.15, -0.1) is 0 Å². The van der Waals surface area contributed by atoms with Gasteiger partial charge in [0, 0.05) is 13.0 Å². The Bertz CT molecular complexity index is 381. The molecule has 0 N–H and O–H groups in total. The number of carbonyl (C=O) groups is 1. The summed E-state index contributed by atoms with van der Waals surface area (Å²) in [5.41, 5.74) is 1.73. The third-order valence-electron chi connectivity index (χ3n) is 3.52. The lowest BCUT2D eigenvalue weighted by molar-refractivity contribution is -0.141. The Morgan fingerprint density at radius 3 is 2.11 bits per heavy atom. The maximum absolute atomic E-state index is 12.3. The minimum Gasteiger partial charge on any atom is -0.368 e. The summed E-state index contributed by atoms with van der Waals surface area (Å²) in [7, 11) is 0. The lowest BCUT2D eigenvalue weighted by atomic mass is 9.92. The van der Waals surface area contributed by atoms with Gasteiger partial charge in [-0.05, 0) is 37.8 Å². The number of ketones is 1. The third kappa shape index (κ3) is 3.67. The summed E-state index contributed by atoms with van der Waals surface area (Å²) in [5.74, 6) is 0.163. The zero-order valence-electron chi connectivity index (χ0n) is 12.0. The fraction of sp³-hybridized carbons (Fsp3) is 0.562. The van der Waals surface area contributed by atoms with Crippen LogP contribution in [0.4, 0.5) is 0 Å². The van der Waals surface area contributed by atoms with Gasteiger partial charge in [0.25, 0.3) is 0 Å². The van der Waals surface area contributed by atoms with Crippen molar-refractivity contribution < 1.29 is 9.53 Å². The fourth-order valence-corrected chi connectivity index (χ4v) is 1.96. The Kier molecular flexibility index (Phi) is 5.54. The molecule has 0 amide bonds. The summed E-state index contributed by atoms with van der Waals surface area (Å²) in [6.45, 7) is 8.51. The molecule has 0 fully saturated rings. The summed E-state index contributed by atoms with van der Waals surface area (Å²) in [5, 5.41) is 0. The van der Waals surface area contributed by atoms with E-state index in [1.165, 1.54) is 5.56 Å². The largest absolute Gasteiger partial charge is 0.368 e. The summed E-state index contributed by atoms with van der Waals surface area (Å²) in [6.07, 6.45) is 2.20. The quantitative estimate of drug-likeness (QED) is 0.737. The molecular formula is C16H24O2. The summed E-state index contributed by atoms with van der Waals surface area (Å²) < 4.78 is 5.61. The van der Waals surface area contributed by atoms with Crippen molar-refractivity contribution in [2.45, 2.75) is 52.6 Å². The zero-order chi connectivity index (χ0) is 13.6. The highest BCUT2D eigenvalue weighted by Gasteiger charge is 2.31. The van der Waals surface area contributed by atoms with E-state index in [0.29, 0.717) is 19.4 Å². The van der Waals surface area contributed by atoms with Gasteiger partial charge in [0.05, 0.1) is 0 Å². The van der Waals surface area contributed by atoms with E-state index >= 15 is 0 Å². The Labute approximate surface area is 110 Å². The molecule has 18 heavy (non-hydrogen) atoms. The number of carbonyl (C=O) groups excluding carboxylic acids is 1. The molecule has 1 unspecified atom stereocenters. The van der Waals surface area contributed by atoms with E-state index in [4.69, 9.17) is 4.74 Å². The molecular weight excluding hydrogens is 224 g/mol. The first-order valence-electron chi connectivity index (χ1n) is 6.80. The van der Waals surface area contributed by atoms with Gasteiger partial charge in [-0.1, -0.05) is 38.1 Å². The maximum Gasteiger partial charge on any atom is 0.168 e. The van der Waals surface area contributed by atoms with E-state index in [0.717, 1.165) is 12.0 Å². The first-order chi connectivity index (χ1) is 8.55. The van der Waals surface area contributed by atoms with Gasteiger partial charge < -0.3 is 4.74 Å². The number of rotatable bonds is 7. The summed E-state index contributed by atoms with van der Waals surface area (Å²) in [4.78, 5) is 12.3. The van der Waals surface area contributed by atoms with Gasteiger partial charge in [0.2, 0.25) is 0 Å². The first kappa shape index (κ1) is 14.9. The van der Waals surface area contributed by atoms with Crippen molar-refractivity contribution in [2.24, 2.45) is 0 Å². The number of aryl methyl sites for hydroxylation is 1. The molecule has 0 saturated carbocycles. The van der Waals surface area contributed by atoms with Crippen molar-refractivity contribution in [3.8, 4) is 0 Å². The lowest BCUT2D eigenvalue weighted by Crippen LogP contribution is -2.39. The average molecular weight is 248 g/mol. The van der Waals surface area contributed by atoms with Gasteiger partial charge in [0.15, 0.2) is 5.78 Å². The molecule has 0 saturated heterocycles. The van der Waals surface area contributed by atoms with Crippen molar-refractivity contribution in [1.82, 2.24) is 0 Å². The highest BCUT2D eigenvalue weighted by Crippen LogP contribution is 2.19. The van der Waals surface area contributed by atoms with E-state index in [2.05, 4.69) is 19.1 Å². The van der Waals surface area contributed by atoms with Crippen molar-refractivity contribution in [2.75, 3.05) is 6.61 Å². The molecule has 1 atom stereocenters. The van der Waals surface area contributed by atoms with Crippen LogP contribution in [0.3, 0.4) is 0 Å². The van der Waals surface area contributed by atoms with Crippen LogP contribution in [0.15, 0.2) is 24.3 Å². The predicted molar refractivity (Wildman–Crippen MR) is 74.9 cm³/mol. The van der Waals surface area contributed by atoms with Gasteiger partial charge in [-0.25, -0.2) is 0 Å². The molecule has 0 aromatic heterocycles. The van der Waals surface area contributed by atoms with E-state index in [1.807, 2.05) is 32.9 Å². The molecule has 0 aliphatic rings. The molecule has 0 radical (unpaired) electrons. The molecule has 0 bridgehead atoms. The minimum absolute atomic E-state index is 0.163. The lowest BCUT2D eigenvalue weighted by Gasteiger charge is -2.26. The second-order valence-corrected chi connectivity index (χ2v) is 4.79. The normalized spacial score (nSPS) is 14.2. The zero-order valence-corrected chi connectivity index (χ0v) is 12.0. The van der Waals surface area contributed by atoms with Gasteiger partial charge in [-0.3, -0.25) is 4.79 Å². The number of Topliss-reactive ketones (excluding diaryl/α,β-unsaturated/α-hetero) is 1. The molecule has 0 heterocycles. The second kappa shape index (κ2) is 6.69. The van der Waals surface area contributed by atoms with Crippen LogP contribution in [0.5, 0.6) is 0 Å². The third-order valence-corrected chi connectivity index (χ3v) is 3.52.